The van der Waals surface area contributed by atoms with E-state index in [9.17, 15) is 0 Å². The van der Waals surface area contributed by atoms with Crippen LogP contribution in [0.2, 0.25) is 0 Å². The molecule has 5 aromatic heterocycles. The molecule has 0 aliphatic carbocycles. The zero-order chi connectivity index (χ0) is 59.6. The average molecular weight is 1120 g/mol. The Morgan fingerprint density at radius 1 is 0.329 bits per heavy atom. The van der Waals surface area contributed by atoms with Crippen LogP contribution in [0.4, 0.5) is 0 Å². The maximum Gasteiger partial charge on any atom is 0.220 e. The van der Waals surface area contributed by atoms with Crippen molar-refractivity contribution in [1.29, 1.82) is 0 Å². The molecule has 0 amide bonds. The fourth-order valence-corrected chi connectivity index (χ4v) is 13.6. The zero-order valence-electron chi connectivity index (χ0n) is 52.7. The first-order valence-electron chi connectivity index (χ1n) is 31.3. The van der Waals surface area contributed by atoms with E-state index >= 15 is 0 Å². The summed E-state index contributed by atoms with van der Waals surface area (Å²) in [6.45, 7) is 37.2. The molecule has 0 N–H and O–H groups in total. The summed E-state index contributed by atoms with van der Waals surface area (Å²) in [6.07, 6.45) is 4.07. The lowest BCUT2D eigenvalue weighted by Crippen LogP contribution is -2.08. The maximum absolute atomic E-state index is 5.67. The van der Waals surface area contributed by atoms with E-state index in [1.54, 1.807) is 0 Å². The van der Waals surface area contributed by atoms with Gasteiger partial charge in [0.25, 0.3) is 0 Å². The van der Waals surface area contributed by atoms with Crippen LogP contribution < -0.4 is 0 Å². The second kappa shape index (κ2) is 21.2. The molecule has 0 fully saturated rings. The summed E-state index contributed by atoms with van der Waals surface area (Å²) in [4.78, 5) is 16.2. The lowest BCUT2D eigenvalue weighted by atomic mass is 9.81. The third-order valence-corrected chi connectivity index (χ3v) is 18.2. The van der Waals surface area contributed by atoms with Gasteiger partial charge in [-0.2, -0.15) is 0 Å². The van der Waals surface area contributed by atoms with Gasteiger partial charge in [-0.15, -0.1) is 0 Å². The molecule has 13 rings (SSSR count). The molecule has 0 bridgehead atoms. The molecule has 8 heteroatoms. The molecule has 430 valence electrons. The van der Waals surface area contributed by atoms with Crippen LogP contribution in [0.5, 0.6) is 0 Å². The van der Waals surface area contributed by atoms with Crippen molar-refractivity contribution in [1.82, 2.24) is 37.5 Å². The number of benzene rings is 8. The molecule has 0 aliphatic heterocycles. The van der Waals surface area contributed by atoms with E-state index in [2.05, 4.69) is 285 Å². The quantitative estimate of drug-likeness (QED) is 0.109. The number of imidazole rings is 5. The molecule has 0 spiro atoms. The second-order valence-corrected chi connectivity index (χ2v) is 26.6. The van der Waals surface area contributed by atoms with E-state index in [1.165, 1.54) is 72.4 Å². The van der Waals surface area contributed by atoms with E-state index in [4.69, 9.17) is 15.0 Å². The number of rotatable bonds is 14. The van der Waals surface area contributed by atoms with Gasteiger partial charge < -0.3 is 0 Å². The molecule has 85 heavy (non-hydrogen) atoms. The molecular formula is C77H82N8. The highest BCUT2D eigenvalue weighted by atomic mass is 15.2. The van der Waals surface area contributed by atoms with E-state index < -0.39 is 0 Å². The molecule has 8 aromatic carbocycles. The Morgan fingerprint density at radius 3 is 1.38 bits per heavy atom. The highest BCUT2D eigenvalue weighted by molar-refractivity contribution is 5.98. The number of hydrogen-bond acceptors (Lipinski definition) is 3. The van der Waals surface area contributed by atoms with E-state index in [0.29, 0.717) is 47.3 Å². The van der Waals surface area contributed by atoms with Gasteiger partial charge in [-0.3, -0.25) is 22.5 Å². The highest BCUT2D eigenvalue weighted by Gasteiger charge is 2.27. The smallest absolute Gasteiger partial charge is 0.220 e. The number of nitrogens with zero attached hydrogens (tertiary/aromatic N) is 8. The molecule has 13 aromatic rings. The molecule has 5 heterocycles. The van der Waals surface area contributed by atoms with Crippen LogP contribution in [0.1, 0.15) is 203 Å². The Hall–Kier alpha value is -8.49. The van der Waals surface area contributed by atoms with Crippen molar-refractivity contribution in [2.75, 3.05) is 0 Å². The lowest BCUT2D eigenvalue weighted by Gasteiger charge is -2.23. The van der Waals surface area contributed by atoms with Gasteiger partial charge in [0, 0.05) is 23.6 Å². The minimum atomic E-state index is 0.331. The van der Waals surface area contributed by atoms with Crippen molar-refractivity contribution in [3.63, 3.8) is 0 Å². The van der Waals surface area contributed by atoms with Gasteiger partial charge in [0.1, 0.15) is 5.82 Å². The van der Waals surface area contributed by atoms with Gasteiger partial charge in [0.2, 0.25) is 11.6 Å². The summed E-state index contributed by atoms with van der Waals surface area (Å²) in [6, 6.07) is 55.1. The summed E-state index contributed by atoms with van der Waals surface area (Å²) in [7, 11) is 0. The largest absolute Gasteiger partial charge is 0.299 e. The monoisotopic (exact) mass is 1120 g/mol. The molecule has 0 unspecified atom stereocenters. The average Bonchev–Trinajstić information content (AvgIpc) is 1.62. The summed E-state index contributed by atoms with van der Waals surface area (Å²) in [5, 5.41) is 0. The Kier molecular flexibility index (Phi) is 13.9. The third kappa shape index (κ3) is 9.12. The summed E-state index contributed by atoms with van der Waals surface area (Å²) in [5.74, 6) is 5.48. The number of fused-ring (bicyclic) bond motifs is 10. The minimum absolute atomic E-state index is 0.331. The van der Waals surface area contributed by atoms with Crippen LogP contribution in [-0.2, 0) is 0 Å². The second-order valence-electron chi connectivity index (χ2n) is 26.6. The Bertz CT molecular complexity index is 4660. The summed E-state index contributed by atoms with van der Waals surface area (Å²) >= 11 is 0. The van der Waals surface area contributed by atoms with E-state index in [0.717, 1.165) is 78.5 Å². The lowest BCUT2D eigenvalue weighted by molar-refractivity contribution is 0.806. The predicted molar refractivity (Wildman–Crippen MR) is 359 cm³/mol. The fraction of sp³-hybridized carbons (Fsp3) is 0.312. The molecule has 0 aliphatic rings. The SMILES string of the molecule is CC(C)c1cc(C(C)C)c(-c2ccc3nc4n(-c5ccc6c(c5)n(-c5cccc(-c7nccn7-c7c(C(C)C)cccc7C(C)C)c5)c5nc7ccccc7n65)c5ccc(-c6c(C(C)C)cc(C(C)C)cc6C(C)C)cc5n4c3c2)c(C(C)C)c1. The zero-order valence-corrected chi connectivity index (χ0v) is 52.7. The highest BCUT2D eigenvalue weighted by Crippen LogP contribution is 2.45. The normalized spacial score (nSPS) is 12.6. The van der Waals surface area contributed by atoms with Crippen molar-refractivity contribution < 1.29 is 0 Å². The van der Waals surface area contributed by atoms with Crippen LogP contribution >= 0.6 is 0 Å². The number of hydrogen-bond donors (Lipinski definition) is 0. The van der Waals surface area contributed by atoms with Crippen LogP contribution in [0.25, 0.3) is 106 Å². The van der Waals surface area contributed by atoms with Crippen molar-refractivity contribution in [2.24, 2.45) is 0 Å². The molecule has 0 radical (unpaired) electrons. The maximum atomic E-state index is 5.67. The first kappa shape index (κ1) is 55.7. The van der Waals surface area contributed by atoms with Crippen molar-refractivity contribution in [3.8, 4) is 50.7 Å². The molecule has 0 saturated carbocycles. The first-order valence-corrected chi connectivity index (χ1v) is 31.3. The van der Waals surface area contributed by atoms with Gasteiger partial charge in [0.05, 0.1) is 55.5 Å². The topological polar surface area (TPSA) is 62.3 Å². The van der Waals surface area contributed by atoms with E-state index in [-0.39, 0.29) is 0 Å². The van der Waals surface area contributed by atoms with Gasteiger partial charge in [-0.1, -0.05) is 190 Å². The van der Waals surface area contributed by atoms with Crippen molar-refractivity contribution in [3.05, 3.63) is 202 Å². The predicted octanol–water partition coefficient (Wildman–Crippen LogP) is 21.4. The molecule has 0 saturated heterocycles. The van der Waals surface area contributed by atoms with Crippen LogP contribution in [0, 0.1) is 0 Å². The summed E-state index contributed by atoms with van der Waals surface area (Å²) < 4.78 is 11.8. The molecule has 0 atom stereocenters. The Balaban J connectivity index is 1.08. The minimum Gasteiger partial charge on any atom is -0.299 e. The fourth-order valence-electron chi connectivity index (χ4n) is 13.6. The van der Waals surface area contributed by atoms with Crippen LogP contribution in [0.3, 0.4) is 0 Å². The van der Waals surface area contributed by atoms with Gasteiger partial charge in [-0.05, 0) is 181 Å². The van der Waals surface area contributed by atoms with Gasteiger partial charge >= 0.3 is 0 Å². The Morgan fingerprint density at radius 2 is 0.812 bits per heavy atom. The van der Waals surface area contributed by atoms with Crippen LogP contribution in [0.15, 0.2) is 158 Å². The van der Waals surface area contributed by atoms with Crippen molar-refractivity contribution >= 4 is 55.7 Å². The number of para-hydroxylation sites is 3. The summed E-state index contributed by atoms with van der Waals surface area (Å²) in [5.41, 5.74) is 28.8. The van der Waals surface area contributed by atoms with Crippen molar-refractivity contribution in [2.45, 2.75) is 158 Å². The number of aromatic nitrogens is 8. The third-order valence-electron chi connectivity index (χ3n) is 18.2. The van der Waals surface area contributed by atoms with Crippen LogP contribution in [-0.4, -0.2) is 37.5 Å². The molecular weight excluding hydrogens is 1040 g/mol. The Labute approximate surface area is 501 Å². The standard InChI is InChI=1S/C77H82N8/c1-43(2)54-36-60(47(9)10)72(61(37-54)48(11)12)51-27-30-65-69(40-51)85-70-41-52(73-62(49(13)14)38-55(44(3)4)39-63(73)50(15)16)28-31-67(70)82(76(85)80-65)57-29-32-68-71(42-57)83(77-79-64-25-17-18-26-66(64)84(68)77)56-22-19-21-53(35-56)75-78-33-34-81(75)74-58(45(5)6)23-20-24-59(74)46(7)8/h17-50H,1-16H3. The first-order chi connectivity index (χ1) is 40.8. The van der Waals surface area contributed by atoms with E-state index in [1.807, 2.05) is 6.20 Å². The van der Waals surface area contributed by atoms with Gasteiger partial charge in [-0.25, -0.2) is 15.0 Å². The molecule has 8 nitrogen and oxygen atoms in total. The van der Waals surface area contributed by atoms with Gasteiger partial charge in [0.15, 0.2) is 0 Å².